The number of carbonyl (C=O) groups is 1. The van der Waals surface area contributed by atoms with Crippen LogP contribution in [0.25, 0.3) is 11.4 Å². The van der Waals surface area contributed by atoms with E-state index < -0.39 is 0 Å². The SMILES string of the molecule is CCOc1ccccc1NC(=O)N1CCC2(CC1)CC(Cc1nc(-c3ccccc3)no1)CCO2. The fourth-order valence-electron chi connectivity index (χ4n) is 5.10. The highest BCUT2D eigenvalue weighted by Gasteiger charge is 2.41. The number of nitrogens with zero attached hydrogens (tertiary/aromatic N) is 3. The van der Waals surface area contributed by atoms with Crippen molar-refractivity contribution in [3.05, 3.63) is 60.5 Å². The summed E-state index contributed by atoms with van der Waals surface area (Å²) in [5.74, 6) is 2.42. The molecule has 2 aromatic carbocycles. The standard InChI is InChI=1S/C27H32N4O4/c1-2-33-23-11-7-6-10-22(23)28-26(32)31-15-13-27(14-16-31)19-20(12-17-34-27)18-24-29-25(30-35-24)21-8-4-3-5-9-21/h3-11,20H,2,12-19H2,1H3,(H,28,32). The third kappa shape index (κ3) is 5.48. The molecule has 8 nitrogen and oxygen atoms in total. The normalized spacial score (nSPS) is 19.5. The minimum atomic E-state index is -0.189. The maximum Gasteiger partial charge on any atom is 0.321 e. The molecule has 35 heavy (non-hydrogen) atoms. The van der Waals surface area contributed by atoms with Crippen LogP contribution in [-0.4, -0.2) is 53.0 Å². The van der Waals surface area contributed by atoms with Gasteiger partial charge in [0.15, 0.2) is 0 Å². The number of piperidine rings is 1. The lowest BCUT2D eigenvalue weighted by Gasteiger charge is -2.46. The first-order valence-corrected chi connectivity index (χ1v) is 12.4. The van der Waals surface area contributed by atoms with Gasteiger partial charge < -0.3 is 24.2 Å². The lowest BCUT2D eigenvalue weighted by molar-refractivity contribution is -0.123. The van der Waals surface area contributed by atoms with Crippen molar-refractivity contribution in [2.45, 2.75) is 44.6 Å². The highest BCUT2D eigenvalue weighted by atomic mass is 16.5. The van der Waals surface area contributed by atoms with Crippen LogP contribution >= 0.6 is 0 Å². The number of nitrogens with one attached hydrogen (secondary N) is 1. The predicted molar refractivity (Wildman–Crippen MR) is 132 cm³/mol. The molecule has 1 N–H and O–H groups in total. The second kappa shape index (κ2) is 10.5. The summed E-state index contributed by atoms with van der Waals surface area (Å²) >= 11 is 0. The van der Waals surface area contributed by atoms with Gasteiger partial charge in [-0.15, -0.1) is 0 Å². The molecule has 1 unspecified atom stereocenters. The molecule has 1 spiro atoms. The average molecular weight is 477 g/mol. The first-order valence-electron chi connectivity index (χ1n) is 12.4. The smallest absolute Gasteiger partial charge is 0.321 e. The molecule has 2 saturated heterocycles. The number of aromatic nitrogens is 2. The van der Waals surface area contributed by atoms with Gasteiger partial charge in [-0.3, -0.25) is 0 Å². The van der Waals surface area contributed by atoms with Crippen LogP contribution in [0.3, 0.4) is 0 Å². The van der Waals surface area contributed by atoms with Gasteiger partial charge in [-0.2, -0.15) is 4.98 Å². The number of urea groups is 1. The highest BCUT2D eigenvalue weighted by Crippen LogP contribution is 2.39. The number of para-hydroxylation sites is 2. The fourth-order valence-corrected chi connectivity index (χ4v) is 5.10. The Labute approximate surface area is 205 Å². The monoisotopic (exact) mass is 476 g/mol. The van der Waals surface area contributed by atoms with Crippen molar-refractivity contribution in [3.8, 4) is 17.1 Å². The molecule has 0 saturated carbocycles. The van der Waals surface area contributed by atoms with Crippen LogP contribution in [0.1, 0.15) is 38.5 Å². The summed E-state index contributed by atoms with van der Waals surface area (Å²) in [6, 6.07) is 17.3. The van der Waals surface area contributed by atoms with Crippen molar-refractivity contribution in [3.63, 3.8) is 0 Å². The van der Waals surface area contributed by atoms with Crippen LogP contribution in [-0.2, 0) is 11.2 Å². The summed E-state index contributed by atoms with van der Waals surface area (Å²) in [6.45, 7) is 4.52. The van der Waals surface area contributed by atoms with Crippen LogP contribution in [0, 0.1) is 5.92 Å². The number of benzene rings is 2. The summed E-state index contributed by atoms with van der Waals surface area (Å²) in [5, 5.41) is 7.17. The van der Waals surface area contributed by atoms with Gasteiger partial charge in [0.25, 0.3) is 0 Å². The van der Waals surface area contributed by atoms with Crippen molar-refractivity contribution in [2.75, 3.05) is 31.6 Å². The van der Waals surface area contributed by atoms with Gasteiger partial charge in [-0.1, -0.05) is 47.6 Å². The van der Waals surface area contributed by atoms with Crippen LogP contribution in [0.5, 0.6) is 5.75 Å². The molecule has 1 aromatic heterocycles. The molecule has 2 amide bonds. The number of anilines is 1. The molecule has 2 aliphatic rings. The second-order valence-corrected chi connectivity index (χ2v) is 9.32. The maximum absolute atomic E-state index is 12.9. The number of likely N-dealkylation sites (tertiary alicyclic amines) is 1. The van der Waals surface area contributed by atoms with E-state index in [-0.39, 0.29) is 11.6 Å². The number of hydrogen-bond acceptors (Lipinski definition) is 6. The van der Waals surface area contributed by atoms with Crippen LogP contribution in [0.4, 0.5) is 10.5 Å². The van der Waals surface area contributed by atoms with E-state index in [0.29, 0.717) is 48.8 Å². The van der Waals surface area contributed by atoms with E-state index in [0.717, 1.165) is 44.3 Å². The molecule has 184 valence electrons. The third-order valence-electron chi connectivity index (χ3n) is 6.95. The Morgan fingerprint density at radius 3 is 2.71 bits per heavy atom. The Bertz CT molecular complexity index is 1120. The molecule has 5 rings (SSSR count). The summed E-state index contributed by atoms with van der Waals surface area (Å²) in [4.78, 5) is 19.4. The van der Waals surface area contributed by atoms with Gasteiger partial charge in [0.05, 0.1) is 17.9 Å². The van der Waals surface area contributed by atoms with Gasteiger partial charge in [-0.25, -0.2) is 4.79 Å². The minimum absolute atomic E-state index is 0.0985. The van der Waals surface area contributed by atoms with Gasteiger partial charge in [-0.05, 0) is 50.7 Å². The van der Waals surface area contributed by atoms with E-state index >= 15 is 0 Å². The molecule has 0 bridgehead atoms. The first kappa shape index (κ1) is 23.4. The van der Waals surface area contributed by atoms with Gasteiger partial charge in [0, 0.05) is 31.7 Å². The van der Waals surface area contributed by atoms with Crippen LogP contribution < -0.4 is 10.1 Å². The topological polar surface area (TPSA) is 89.7 Å². The molecule has 1 atom stereocenters. The summed E-state index contributed by atoms with van der Waals surface area (Å²) in [5.41, 5.74) is 1.47. The molecule has 3 aromatic rings. The molecule has 8 heteroatoms. The summed E-state index contributed by atoms with van der Waals surface area (Å²) in [7, 11) is 0. The molecule has 3 heterocycles. The fraction of sp³-hybridized carbons (Fsp3) is 0.444. The van der Waals surface area contributed by atoms with Crippen molar-refractivity contribution < 1.29 is 18.8 Å². The van der Waals surface area contributed by atoms with Gasteiger partial charge in [0.1, 0.15) is 5.75 Å². The van der Waals surface area contributed by atoms with Gasteiger partial charge >= 0.3 is 6.03 Å². The third-order valence-corrected chi connectivity index (χ3v) is 6.95. The number of ether oxygens (including phenoxy) is 2. The van der Waals surface area contributed by atoms with Crippen molar-refractivity contribution >= 4 is 11.7 Å². The quantitative estimate of drug-likeness (QED) is 0.528. The number of hydrogen-bond donors (Lipinski definition) is 1. The molecular weight excluding hydrogens is 444 g/mol. The molecule has 2 fully saturated rings. The summed E-state index contributed by atoms with van der Waals surface area (Å²) < 4.78 is 17.5. The molecule has 0 aliphatic carbocycles. The van der Waals surface area contributed by atoms with Gasteiger partial charge in [0.2, 0.25) is 11.7 Å². The van der Waals surface area contributed by atoms with Crippen LogP contribution in [0.15, 0.2) is 59.1 Å². The zero-order valence-corrected chi connectivity index (χ0v) is 20.1. The van der Waals surface area contributed by atoms with E-state index in [1.165, 1.54) is 0 Å². The summed E-state index contributed by atoms with van der Waals surface area (Å²) in [6.07, 6.45) is 4.32. The number of rotatable bonds is 6. The maximum atomic E-state index is 12.9. The van der Waals surface area contributed by atoms with Crippen molar-refractivity contribution in [1.82, 2.24) is 15.0 Å². The highest BCUT2D eigenvalue weighted by molar-refractivity contribution is 5.91. The molecular formula is C27H32N4O4. The van der Waals surface area contributed by atoms with Crippen LogP contribution in [0.2, 0.25) is 0 Å². The second-order valence-electron chi connectivity index (χ2n) is 9.32. The predicted octanol–water partition coefficient (Wildman–Crippen LogP) is 5.17. The number of carbonyl (C=O) groups excluding carboxylic acids is 1. The average Bonchev–Trinajstić information content (AvgIpc) is 3.35. The number of amides is 2. The zero-order valence-electron chi connectivity index (χ0n) is 20.1. The molecule has 2 aliphatic heterocycles. The molecule has 0 radical (unpaired) electrons. The lowest BCUT2D eigenvalue weighted by Crippen LogP contribution is -2.51. The van der Waals surface area contributed by atoms with E-state index in [4.69, 9.17) is 14.0 Å². The van der Waals surface area contributed by atoms with Crippen molar-refractivity contribution in [1.29, 1.82) is 0 Å². The van der Waals surface area contributed by atoms with E-state index in [2.05, 4.69) is 15.5 Å². The van der Waals surface area contributed by atoms with E-state index in [1.807, 2.05) is 66.4 Å². The van der Waals surface area contributed by atoms with E-state index in [1.54, 1.807) is 0 Å². The van der Waals surface area contributed by atoms with Crippen molar-refractivity contribution in [2.24, 2.45) is 5.92 Å². The Hall–Kier alpha value is -3.39. The Morgan fingerprint density at radius 1 is 1.14 bits per heavy atom. The lowest BCUT2D eigenvalue weighted by atomic mass is 9.78. The van der Waals surface area contributed by atoms with E-state index in [9.17, 15) is 4.79 Å². The zero-order chi connectivity index (χ0) is 24.1. The largest absolute Gasteiger partial charge is 0.492 e. The Kier molecular flexibility index (Phi) is 6.99. The minimum Gasteiger partial charge on any atom is -0.492 e. The first-order chi connectivity index (χ1) is 17.1. The Balaban J connectivity index is 1.16. The Morgan fingerprint density at radius 2 is 1.91 bits per heavy atom.